The number of amides is 1. The maximum Gasteiger partial charge on any atom is 0.337 e. The van der Waals surface area contributed by atoms with Gasteiger partial charge in [0.15, 0.2) is 0 Å². The van der Waals surface area contributed by atoms with Crippen LogP contribution in [0.5, 0.6) is 0 Å². The number of rotatable bonds is 3. The number of nitrogens with zero attached hydrogens (tertiary/aromatic N) is 1. The van der Waals surface area contributed by atoms with Gasteiger partial charge in [-0.25, -0.2) is 13.6 Å². The highest BCUT2D eigenvalue weighted by Gasteiger charge is 2.24. The number of carboxylic acids is 1. The van der Waals surface area contributed by atoms with E-state index in [0.717, 1.165) is 23.1 Å². The Kier molecular flexibility index (Phi) is 3.98. The molecule has 0 atom stereocenters. The van der Waals surface area contributed by atoms with Crippen LogP contribution in [-0.2, 0) is 0 Å². The summed E-state index contributed by atoms with van der Waals surface area (Å²) in [4.78, 5) is 24.3. The molecule has 0 spiro atoms. The molecule has 0 aromatic heterocycles. The Morgan fingerprint density at radius 1 is 1.00 bits per heavy atom. The fourth-order valence-corrected chi connectivity index (χ4v) is 1.93. The van der Waals surface area contributed by atoms with E-state index >= 15 is 0 Å². The van der Waals surface area contributed by atoms with Gasteiger partial charge in [0.05, 0.1) is 11.3 Å². The van der Waals surface area contributed by atoms with E-state index in [1.165, 1.54) is 31.3 Å². The third-order valence-corrected chi connectivity index (χ3v) is 2.98. The second-order valence-electron chi connectivity index (χ2n) is 4.28. The summed E-state index contributed by atoms with van der Waals surface area (Å²) in [5, 5.41) is 9.09. The van der Waals surface area contributed by atoms with Gasteiger partial charge in [0.25, 0.3) is 5.91 Å². The Morgan fingerprint density at radius 3 is 2.14 bits per heavy atom. The molecule has 1 N–H and O–H groups in total. The van der Waals surface area contributed by atoms with Gasteiger partial charge in [-0.05, 0) is 24.3 Å². The minimum Gasteiger partial charge on any atom is -0.478 e. The molecular formula is C15H11F2NO3. The average Bonchev–Trinajstić information content (AvgIpc) is 2.46. The number of halogens is 2. The highest BCUT2D eigenvalue weighted by molar-refractivity contribution is 6.09. The summed E-state index contributed by atoms with van der Waals surface area (Å²) in [7, 11) is 1.26. The molecule has 2 aromatic rings. The number of carbonyl (C=O) groups is 2. The van der Waals surface area contributed by atoms with E-state index in [1.54, 1.807) is 0 Å². The Labute approximate surface area is 119 Å². The van der Waals surface area contributed by atoms with Crippen molar-refractivity contribution < 1.29 is 23.5 Å². The molecule has 0 bridgehead atoms. The maximum atomic E-state index is 13.6. The molecule has 6 heteroatoms. The third kappa shape index (κ3) is 2.74. The first-order valence-corrected chi connectivity index (χ1v) is 5.98. The van der Waals surface area contributed by atoms with Crippen molar-refractivity contribution in [1.82, 2.24) is 0 Å². The zero-order chi connectivity index (χ0) is 15.6. The average molecular weight is 291 g/mol. The number of anilines is 1. The minimum absolute atomic E-state index is 0.0534. The number of aromatic carboxylic acids is 1. The largest absolute Gasteiger partial charge is 0.478 e. The van der Waals surface area contributed by atoms with Crippen LogP contribution < -0.4 is 4.90 Å². The normalized spacial score (nSPS) is 10.2. The first kappa shape index (κ1) is 14.6. The molecular weight excluding hydrogens is 280 g/mol. The van der Waals surface area contributed by atoms with E-state index in [9.17, 15) is 18.4 Å². The summed E-state index contributed by atoms with van der Waals surface area (Å²) >= 11 is 0. The van der Waals surface area contributed by atoms with E-state index in [-0.39, 0.29) is 11.3 Å². The molecule has 0 heterocycles. The molecule has 0 aliphatic rings. The Bertz CT molecular complexity index is 696. The van der Waals surface area contributed by atoms with Crippen molar-refractivity contribution in [2.45, 2.75) is 0 Å². The number of hydrogen-bond acceptors (Lipinski definition) is 2. The van der Waals surface area contributed by atoms with Crippen LogP contribution in [0.4, 0.5) is 14.5 Å². The smallest absolute Gasteiger partial charge is 0.337 e. The Hall–Kier alpha value is -2.76. The summed E-state index contributed by atoms with van der Waals surface area (Å²) in [6.45, 7) is 0. The summed E-state index contributed by atoms with van der Waals surface area (Å²) in [5.74, 6) is -4.20. The molecule has 2 aromatic carbocycles. The van der Waals surface area contributed by atoms with Crippen LogP contribution in [0.15, 0.2) is 42.5 Å². The molecule has 0 unspecified atom stereocenters. The van der Waals surface area contributed by atoms with Gasteiger partial charge in [0.2, 0.25) is 0 Å². The first-order chi connectivity index (χ1) is 9.93. The summed E-state index contributed by atoms with van der Waals surface area (Å²) < 4.78 is 27.3. The van der Waals surface area contributed by atoms with E-state index < -0.39 is 29.1 Å². The van der Waals surface area contributed by atoms with Crippen LogP contribution in [0.2, 0.25) is 0 Å². The first-order valence-electron chi connectivity index (χ1n) is 5.98. The van der Waals surface area contributed by atoms with Crippen molar-refractivity contribution in [3.05, 3.63) is 65.2 Å². The van der Waals surface area contributed by atoms with Gasteiger partial charge >= 0.3 is 5.97 Å². The van der Waals surface area contributed by atoms with E-state index in [2.05, 4.69) is 0 Å². The lowest BCUT2D eigenvalue weighted by Crippen LogP contribution is -2.29. The standard InChI is InChI=1S/C15H11F2NO3/c1-18(12-8-3-2-5-9(12)15(20)21)14(19)13-10(16)6-4-7-11(13)17/h2-8H,1H3,(H,20,21). The van der Waals surface area contributed by atoms with Crippen LogP contribution in [0, 0.1) is 11.6 Å². The second-order valence-corrected chi connectivity index (χ2v) is 4.28. The van der Waals surface area contributed by atoms with Crippen LogP contribution in [-0.4, -0.2) is 24.0 Å². The lowest BCUT2D eigenvalue weighted by Gasteiger charge is -2.19. The van der Waals surface area contributed by atoms with Crippen molar-refractivity contribution in [2.24, 2.45) is 0 Å². The summed E-state index contributed by atoms with van der Waals surface area (Å²) in [6, 6.07) is 8.80. The van der Waals surface area contributed by atoms with Crippen LogP contribution in [0.3, 0.4) is 0 Å². The minimum atomic E-state index is -1.24. The molecule has 0 saturated carbocycles. The second kappa shape index (κ2) is 5.70. The number of carbonyl (C=O) groups excluding carboxylic acids is 1. The van der Waals surface area contributed by atoms with Crippen molar-refractivity contribution in [3.63, 3.8) is 0 Å². The van der Waals surface area contributed by atoms with Crippen molar-refractivity contribution >= 4 is 17.6 Å². The van der Waals surface area contributed by atoms with Crippen LogP contribution in [0.25, 0.3) is 0 Å². The maximum absolute atomic E-state index is 13.6. The van der Waals surface area contributed by atoms with Crippen molar-refractivity contribution in [3.8, 4) is 0 Å². The number of carboxylic acid groups (broad SMARTS) is 1. The van der Waals surface area contributed by atoms with Gasteiger partial charge in [-0.2, -0.15) is 0 Å². The van der Waals surface area contributed by atoms with E-state index in [0.29, 0.717) is 0 Å². The van der Waals surface area contributed by atoms with E-state index in [4.69, 9.17) is 5.11 Å². The highest BCUT2D eigenvalue weighted by atomic mass is 19.1. The molecule has 21 heavy (non-hydrogen) atoms. The monoisotopic (exact) mass is 291 g/mol. The molecule has 1 amide bonds. The van der Waals surface area contributed by atoms with Crippen LogP contribution >= 0.6 is 0 Å². The lowest BCUT2D eigenvalue weighted by atomic mass is 10.1. The van der Waals surface area contributed by atoms with Crippen LogP contribution in [0.1, 0.15) is 20.7 Å². The van der Waals surface area contributed by atoms with Gasteiger partial charge < -0.3 is 10.0 Å². The molecule has 0 aliphatic carbocycles. The number of benzene rings is 2. The number of hydrogen-bond donors (Lipinski definition) is 1. The van der Waals surface area contributed by atoms with E-state index in [1.807, 2.05) is 0 Å². The molecule has 2 rings (SSSR count). The lowest BCUT2D eigenvalue weighted by molar-refractivity contribution is 0.0697. The molecule has 0 radical (unpaired) electrons. The zero-order valence-electron chi connectivity index (χ0n) is 11.0. The van der Waals surface area contributed by atoms with Gasteiger partial charge in [0, 0.05) is 7.05 Å². The van der Waals surface area contributed by atoms with Gasteiger partial charge in [-0.3, -0.25) is 4.79 Å². The SMILES string of the molecule is CN(C(=O)c1c(F)cccc1F)c1ccccc1C(=O)O. The Morgan fingerprint density at radius 2 is 1.57 bits per heavy atom. The van der Waals surface area contributed by atoms with Gasteiger partial charge in [0.1, 0.15) is 17.2 Å². The molecule has 108 valence electrons. The van der Waals surface area contributed by atoms with Gasteiger partial charge in [-0.1, -0.05) is 18.2 Å². The third-order valence-electron chi connectivity index (χ3n) is 2.98. The predicted molar refractivity (Wildman–Crippen MR) is 72.5 cm³/mol. The summed E-state index contributed by atoms with van der Waals surface area (Å²) in [5.41, 5.74) is -0.803. The zero-order valence-corrected chi connectivity index (χ0v) is 11.0. The topological polar surface area (TPSA) is 57.6 Å². The molecule has 4 nitrogen and oxygen atoms in total. The number of para-hydroxylation sites is 1. The predicted octanol–water partition coefficient (Wildman–Crippen LogP) is 2.94. The molecule has 0 aliphatic heterocycles. The highest BCUT2D eigenvalue weighted by Crippen LogP contribution is 2.23. The van der Waals surface area contributed by atoms with Crippen molar-refractivity contribution in [2.75, 3.05) is 11.9 Å². The quantitative estimate of drug-likeness (QED) is 0.946. The van der Waals surface area contributed by atoms with Gasteiger partial charge in [-0.15, -0.1) is 0 Å². The fraction of sp³-hybridized carbons (Fsp3) is 0.0667. The molecule has 0 fully saturated rings. The molecule has 0 saturated heterocycles. The van der Waals surface area contributed by atoms with Crippen molar-refractivity contribution in [1.29, 1.82) is 0 Å². The Balaban J connectivity index is 2.48. The fourth-order valence-electron chi connectivity index (χ4n) is 1.93. The summed E-state index contributed by atoms with van der Waals surface area (Å²) in [6.07, 6.45) is 0.